The van der Waals surface area contributed by atoms with E-state index in [1.54, 1.807) is 24.3 Å². The van der Waals surface area contributed by atoms with Gasteiger partial charge in [0.15, 0.2) is 0 Å². The first-order valence-electron chi connectivity index (χ1n) is 8.50. The summed E-state index contributed by atoms with van der Waals surface area (Å²) >= 11 is 1.21. The molecule has 4 N–H and O–H groups in total. The smallest absolute Gasteiger partial charge is 0.240 e. The lowest BCUT2D eigenvalue weighted by Crippen LogP contribution is -2.15. The van der Waals surface area contributed by atoms with Gasteiger partial charge in [-0.05, 0) is 43.2 Å². The van der Waals surface area contributed by atoms with Crippen LogP contribution in [0.5, 0.6) is 5.75 Å². The Morgan fingerprint density at radius 2 is 2.11 bits per heavy atom. The highest BCUT2D eigenvalue weighted by molar-refractivity contribution is 7.99. The number of carbonyl (C=O) groups excluding carboxylic acids is 1. The number of benzene rings is 2. The van der Waals surface area contributed by atoms with Crippen molar-refractivity contribution in [2.75, 3.05) is 16.5 Å². The van der Waals surface area contributed by atoms with Crippen molar-refractivity contribution < 1.29 is 9.90 Å². The van der Waals surface area contributed by atoms with Gasteiger partial charge in [-0.25, -0.2) is 10.5 Å². The summed E-state index contributed by atoms with van der Waals surface area (Å²) in [6.45, 7) is 3.93. The van der Waals surface area contributed by atoms with Gasteiger partial charge in [0.2, 0.25) is 17.0 Å². The quantitative estimate of drug-likeness (QED) is 0.277. The van der Waals surface area contributed by atoms with Crippen LogP contribution in [0.1, 0.15) is 16.7 Å². The van der Waals surface area contributed by atoms with Crippen molar-refractivity contribution in [1.82, 2.24) is 15.2 Å². The summed E-state index contributed by atoms with van der Waals surface area (Å²) in [7, 11) is 0. The molecular weight excluding hydrogens is 376 g/mol. The Hall–Kier alpha value is -3.33. The summed E-state index contributed by atoms with van der Waals surface area (Å²) in [4.78, 5) is 16.4. The predicted molar refractivity (Wildman–Crippen MR) is 111 cm³/mol. The van der Waals surface area contributed by atoms with Gasteiger partial charge < -0.3 is 10.4 Å². The summed E-state index contributed by atoms with van der Waals surface area (Å²) < 4.78 is 0. The summed E-state index contributed by atoms with van der Waals surface area (Å²) in [5, 5.41) is 23.7. The molecule has 0 fully saturated rings. The second-order valence-electron chi connectivity index (χ2n) is 6.05. The van der Waals surface area contributed by atoms with E-state index in [-0.39, 0.29) is 17.4 Å². The van der Waals surface area contributed by atoms with Crippen LogP contribution in [0.2, 0.25) is 0 Å². The molecule has 1 amide bonds. The number of carbonyl (C=O) groups is 1. The van der Waals surface area contributed by atoms with Gasteiger partial charge in [0.25, 0.3) is 0 Å². The molecule has 0 spiro atoms. The normalized spacial score (nSPS) is 10.9. The van der Waals surface area contributed by atoms with Crippen molar-refractivity contribution in [3.05, 3.63) is 59.2 Å². The third-order valence-corrected chi connectivity index (χ3v) is 4.62. The van der Waals surface area contributed by atoms with E-state index < -0.39 is 0 Å². The number of thioether (sulfide) groups is 1. The number of hydrazone groups is 1. The molecule has 0 aliphatic rings. The molecule has 0 saturated carbocycles. The number of phenols is 1. The molecule has 28 heavy (non-hydrogen) atoms. The first kappa shape index (κ1) is 19.4. The number of nitrogens with one attached hydrogen (secondary N) is 3. The minimum absolute atomic E-state index is 0.129. The molecule has 8 nitrogen and oxygen atoms in total. The molecule has 9 heteroatoms. The molecule has 0 aliphatic heterocycles. The standard InChI is InChI=1S/C19H20N6O2S/c1-12-7-8-13(2)15(9-12)21-17(27)11-28-19-22-18(24-25-19)23-20-10-14-5-3-4-6-16(14)26/h3-10,26H,11H2,1-2H3,(H,21,27)(H2,22,23,24,25)/b20-10+. The van der Waals surface area contributed by atoms with Crippen molar-refractivity contribution in [3.63, 3.8) is 0 Å². The van der Waals surface area contributed by atoms with E-state index in [0.717, 1.165) is 16.8 Å². The van der Waals surface area contributed by atoms with E-state index >= 15 is 0 Å². The predicted octanol–water partition coefficient (Wildman–Crippen LogP) is 3.30. The first-order valence-corrected chi connectivity index (χ1v) is 9.49. The summed E-state index contributed by atoms with van der Waals surface area (Å²) in [5.41, 5.74) is 6.18. The fraction of sp³-hybridized carbons (Fsp3) is 0.158. The fourth-order valence-electron chi connectivity index (χ4n) is 2.31. The number of aromatic hydroxyl groups is 1. The summed E-state index contributed by atoms with van der Waals surface area (Å²) in [5.74, 6) is 0.530. The maximum absolute atomic E-state index is 12.2. The molecule has 3 aromatic rings. The van der Waals surface area contributed by atoms with E-state index in [2.05, 4.69) is 31.0 Å². The van der Waals surface area contributed by atoms with Crippen LogP contribution in [-0.2, 0) is 4.79 Å². The van der Waals surface area contributed by atoms with Crippen LogP contribution in [0.3, 0.4) is 0 Å². The number of phenolic OH excluding ortho intramolecular Hbond substituents is 1. The van der Waals surface area contributed by atoms with Crippen LogP contribution in [0, 0.1) is 13.8 Å². The maximum atomic E-state index is 12.2. The topological polar surface area (TPSA) is 115 Å². The van der Waals surface area contributed by atoms with Crippen molar-refractivity contribution in [1.29, 1.82) is 0 Å². The second-order valence-corrected chi connectivity index (χ2v) is 6.99. The number of para-hydroxylation sites is 1. The van der Waals surface area contributed by atoms with Gasteiger partial charge in [0, 0.05) is 11.3 Å². The highest BCUT2D eigenvalue weighted by Gasteiger charge is 2.09. The average molecular weight is 396 g/mol. The first-order chi connectivity index (χ1) is 13.5. The number of hydrogen-bond donors (Lipinski definition) is 4. The number of aromatic nitrogens is 3. The number of rotatable bonds is 7. The van der Waals surface area contributed by atoms with E-state index in [1.165, 1.54) is 18.0 Å². The largest absolute Gasteiger partial charge is 0.507 e. The van der Waals surface area contributed by atoms with E-state index in [0.29, 0.717) is 16.7 Å². The van der Waals surface area contributed by atoms with Crippen LogP contribution in [0.15, 0.2) is 52.7 Å². The van der Waals surface area contributed by atoms with Crippen LogP contribution in [0.25, 0.3) is 0 Å². The number of aryl methyl sites for hydroxylation is 2. The zero-order chi connectivity index (χ0) is 19.9. The van der Waals surface area contributed by atoms with Crippen molar-refractivity contribution in [3.8, 4) is 5.75 Å². The minimum Gasteiger partial charge on any atom is -0.507 e. The Bertz CT molecular complexity index is 1000. The Balaban J connectivity index is 1.50. The average Bonchev–Trinajstić information content (AvgIpc) is 3.12. The Labute approximate surface area is 166 Å². The minimum atomic E-state index is -0.129. The SMILES string of the molecule is Cc1ccc(C)c(NC(=O)CSc2n[nH]c(N/N=C/c3ccccc3O)n2)c1. The molecule has 2 aromatic carbocycles. The van der Waals surface area contributed by atoms with Crippen LogP contribution in [-0.4, -0.2) is 38.2 Å². The Morgan fingerprint density at radius 3 is 2.93 bits per heavy atom. The molecule has 0 aliphatic carbocycles. The van der Waals surface area contributed by atoms with Gasteiger partial charge in [0.1, 0.15) is 5.75 Å². The van der Waals surface area contributed by atoms with Gasteiger partial charge in [-0.2, -0.15) is 10.1 Å². The summed E-state index contributed by atoms with van der Waals surface area (Å²) in [6.07, 6.45) is 1.47. The van der Waals surface area contributed by atoms with Crippen molar-refractivity contribution in [2.45, 2.75) is 19.0 Å². The van der Waals surface area contributed by atoms with E-state index in [4.69, 9.17) is 0 Å². The molecule has 1 aromatic heterocycles. The molecular formula is C19H20N6O2S. The van der Waals surface area contributed by atoms with Gasteiger partial charge in [-0.15, -0.1) is 5.10 Å². The number of hydrogen-bond acceptors (Lipinski definition) is 7. The number of amides is 1. The molecule has 0 atom stereocenters. The lowest BCUT2D eigenvalue weighted by Gasteiger charge is -2.08. The van der Waals surface area contributed by atoms with Crippen molar-refractivity contribution in [2.24, 2.45) is 5.10 Å². The highest BCUT2D eigenvalue weighted by atomic mass is 32.2. The van der Waals surface area contributed by atoms with Crippen LogP contribution < -0.4 is 10.7 Å². The van der Waals surface area contributed by atoms with E-state index in [9.17, 15) is 9.90 Å². The molecule has 0 radical (unpaired) electrons. The lowest BCUT2D eigenvalue weighted by atomic mass is 10.1. The zero-order valence-corrected chi connectivity index (χ0v) is 16.2. The van der Waals surface area contributed by atoms with Crippen LogP contribution in [0.4, 0.5) is 11.6 Å². The number of anilines is 2. The molecule has 3 rings (SSSR count). The molecule has 0 unspecified atom stereocenters. The zero-order valence-electron chi connectivity index (χ0n) is 15.4. The molecule has 0 bridgehead atoms. The van der Waals surface area contributed by atoms with Gasteiger partial charge in [-0.3, -0.25) is 4.79 Å². The maximum Gasteiger partial charge on any atom is 0.240 e. The van der Waals surface area contributed by atoms with Crippen LogP contribution >= 0.6 is 11.8 Å². The van der Waals surface area contributed by atoms with Gasteiger partial charge >= 0.3 is 0 Å². The number of aromatic amines is 1. The van der Waals surface area contributed by atoms with Gasteiger partial charge in [0.05, 0.1) is 12.0 Å². The Kier molecular flexibility index (Phi) is 6.28. The second kappa shape index (κ2) is 9.05. The molecule has 0 saturated heterocycles. The fourth-order valence-corrected chi connectivity index (χ4v) is 2.91. The molecule has 1 heterocycles. The summed E-state index contributed by atoms with van der Waals surface area (Å²) in [6, 6.07) is 12.8. The van der Waals surface area contributed by atoms with Crippen molar-refractivity contribution >= 4 is 35.5 Å². The Morgan fingerprint density at radius 1 is 1.29 bits per heavy atom. The third kappa shape index (κ3) is 5.34. The molecule has 144 valence electrons. The third-order valence-electron chi connectivity index (χ3n) is 3.78. The monoisotopic (exact) mass is 396 g/mol. The highest BCUT2D eigenvalue weighted by Crippen LogP contribution is 2.19. The lowest BCUT2D eigenvalue weighted by molar-refractivity contribution is -0.113. The van der Waals surface area contributed by atoms with Gasteiger partial charge in [-0.1, -0.05) is 36.0 Å². The number of nitrogens with zero attached hydrogens (tertiary/aromatic N) is 3. The number of H-pyrrole nitrogens is 1. The van der Waals surface area contributed by atoms with E-state index in [1.807, 2.05) is 32.0 Å².